The van der Waals surface area contributed by atoms with E-state index in [-0.39, 0.29) is 17.2 Å². The molecule has 0 radical (unpaired) electrons. The molecule has 1 aliphatic rings. The third-order valence-electron chi connectivity index (χ3n) is 6.55. The lowest BCUT2D eigenvalue weighted by Crippen LogP contribution is -2.26. The molecule has 0 aliphatic heterocycles. The van der Waals surface area contributed by atoms with Crippen LogP contribution in [0, 0.1) is 18.3 Å². The standard InChI is InChI=1S/C25H28N8O/c1-16-28-21-13-19(8-9-22(21)32(16)11-10-31(2)3)29-25-27-15-18-12-17(14-26)24(34)33(23(18)30-25)20-6-4-5-7-20/h8-9,12-13,15,20H,4-7,10-11H2,1-3H3,(H,27,29,30). The van der Waals surface area contributed by atoms with E-state index in [0.29, 0.717) is 17.0 Å². The fourth-order valence-corrected chi connectivity index (χ4v) is 4.80. The summed E-state index contributed by atoms with van der Waals surface area (Å²) in [6.07, 6.45) is 5.67. The van der Waals surface area contributed by atoms with Gasteiger partial charge >= 0.3 is 0 Å². The molecule has 9 nitrogen and oxygen atoms in total. The highest BCUT2D eigenvalue weighted by Crippen LogP contribution is 2.31. The Labute approximate surface area is 197 Å². The van der Waals surface area contributed by atoms with Crippen LogP contribution in [0.5, 0.6) is 0 Å². The number of imidazole rings is 1. The summed E-state index contributed by atoms with van der Waals surface area (Å²) in [6, 6.07) is 9.72. The molecule has 0 saturated heterocycles. The van der Waals surface area contributed by atoms with E-state index in [1.165, 1.54) is 0 Å². The zero-order chi connectivity index (χ0) is 23.8. The van der Waals surface area contributed by atoms with E-state index in [1.807, 2.05) is 25.1 Å². The summed E-state index contributed by atoms with van der Waals surface area (Å²) in [5, 5.41) is 13.4. The van der Waals surface area contributed by atoms with Gasteiger partial charge in [0, 0.05) is 36.4 Å². The SMILES string of the molecule is Cc1nc2cc(Nc3ncc4cc(C#N)c(=O)n(C5CCCC5)c4n3)ccc2n1CCN(C)C. The maximum Gasteiger partial charge on any atom is 0.270 e. The van der Waals surface area contributed by atoms with Crippen molar-refractivity contribution in [3.8, 4) is 6.07 Å². The van der Waals surface area contributed by atoms with Gasteiger partial charge < -0.3 is 14.8 Å². The van der Waals surface area contributed by atoms with Crippen molar-refractivity contribution in [3.63, 3.8) is 0 Å². The van der Waals surface area contributed by atoms with Crippen LogP contribution in [0.15, 0.2) is 35.3 Å². The molecule has 5 rings (SSSR count). The lowest BCUT2D eigenvalue weighted by atomic mass is 10.2. The Morgan fingerprint density at radius 1 is 1.21 bits per heavy atom. The van der Waals surface area contributed by atoms with Gasteiger partial charge in [-0.1, -0.05) is 12.8 Å². The lowest BCUT2D eigenvalue weighted by molar-refractivity contribution is 0.384. The first-order chi connectivity index (χ1) is 16.4. The minimum atomic E-state index is -0.272. The zero-order valence-electron chi connectivity index (χ0n) is 19.7. The van der Waals surface area contributed by atoms with Crippen LogP contribution >= 0.6 is 0 Å². The number of nitrogens with zero attached hydrogens (tertiary/aromatic N) is 7. The predicted octanol–water partition coefficient (Wildman–Crippen LogP) is 3.74. The smallest absolute Gasteiger partial charge is 0.270 e. The molecule has 9 heteroatoms. The van der Waals surface area contributed by atoms with Gasteiger partial charge in [-0.25, -0.2) is 9.97 Å². The Kier molecular flexibility index (Phi) is 5.75. The Hall–Kier alpha value is -3.77. The van der Waals surface area contributed by atoms with Crippen molar-refractivity contribution in [2.24, 2.45) is 0 Å². The van der Waals surface area contributed by atoms with E-state index < -0.39 is 0 Å². The van der Waals surface area contributed by atoms with Crippen LogP contribution in [0.4, 0.5) is 11.6 Å². The zero-order valence-corrected chi connectivity index (χ0v) is 19.7. The number of likely N-dealkylation sites (N-methyl/N-ethyl adjacent to an activating group) is 1. The maximum absolute atomic E-state index is 13.0. The largest absolute Gasteiger partial charge is 0.327 e. The van der Waals surface area contributed by atoms with Gasteiger partial charge in [-0.15, -0.1) is 0 Å². The normalized spacial score (nSPS) is 14.3. The van der Waals surface area contributed by atoms with Crippen LogP contribution in [-0.2, 0) is 6.54 Å². The van der Waals surface area contributed by atoms with Gasteiger partial charge in [-0.3, -0.25) is 9.36 Å². The second-order valence-corrected chi connectivity index (χ2v) is 9.20. The highest BCUT2D eigenvalue weighted by Gasteiger charge is 2.22. The summed E-state index contributed by atoms with van der Waals surface area (Å²) in [5.41, 5.74) is 3.25. The van der Waals surface area contributed by atoms with Crippen molar-refractivity contribution in [2.45, 2.75) is 45.2 Å². The molecular formula is C25H28N8O. The topological polar surface area (TPSA) is 105 Å². The van der Waals surface area contributed by atoms with E-state index in [0.717, 1.165) is 61.3 Å². The second kappa shape index (κ2) is 8.88. The molecule has 1 fully saturated rings. The fraction of sp³-hybridized carbons (Fsp3) is 0.400. The van der Waals surface area contributed by atoms with Gasteiger partial charge in [0.25, 0.3) is 5.56 Å². The van der Waals surface area contributed by atoms with Crippen LogP contribution < -0.4 is 10.9 Å². The van der Waals surface area contributed by atoms with Crippen molar-refractivity contribution in [2.75, 3.05) is 26.0 Å². The first kappa shape index (κ1) is 22.0. The lowest BCUT2D eigenvalue weighted by Gasteiger charge is -2.17. The molecule has 0 unspecified atom stereocenters. The van der Waals surface area contributed by atoms with Gasteiger partial charge in [0.15, 0.2) is 0 Å². The monoisotopic (exact) mass is 456 g/mol. The van der Waals surface area contributed by atoms with Gasteiger partial charge in [-0.2, -0.15) is 10.2 Å². The van der Waals surface area contributed by atoms with Crippen molar-refractivity contribution >= 4 is 33.7 Å². The summed E-state index contributed by atoms with van der Waals surface area (Å²) in [4.78, 5) is 29.0. The number of pyridine rings is 1. The molecule has 1 aliphatic carbocycles. The third-order valence-corrected chi connectivity index (χ3v) is 6.55. The van der Waals surface area contributed by atoms with Crippen LogP contribution in [0.2, 0.25) is 0 Å². The van der Waals surface area contributed by atoms with Crippen molar-refractivity contribution in [1.82, 2.24) is 29.0 Å². The summed E-state index contributed by atoms with van der Waals surface area (Å²) in [7, 11) is 4.13. The number of rotatable bonds is 6. The van der Waals surface area contributed by atoms with E-state index >= 15 is 0 Å². The van der Waals surface area contributed by atoms with Crippen LogP contribution in [0.25, 0.3) is 22.1 Å². The fourth-order valence-electron chi connectivity index (χ4n) is 4.80. The number of aromatic nitrogens is 5. The molecule has 1 aromatic carbocycles. The van der Waals surface area contributed by atoms with Gasteiger partial charge in [0.2, 0.25) is 5.95 Å². The minimum absolute atomic E-state index is 0.0662. The van der Waals surface area contributed by atoms with Gasteiger partial charge in [0.05, 0.1) is 11.0 Å². The quantitative estimate of drug-likeness (QED) is 0.471. The van der Waals surface area contributed by atoms with Crippen LogP contribution in [-0.4, -0.2) is 49.6 Å². The molecule has 0 bridgehead atoms. The average molecular weight is 457 g/mol. The highest BCUT2D eigenvalue weighted by atomic mass is 16.1. The molecule has 174 valence electrons. The molecular weight excluding hydrogens is 428 g/mol. The molecule has 1 saturated carbocycles. The first-order valence-corrected chi connectivity index (χ1v) is 11.7. The number of nitrogens with one attached hydrogen (secondary N) is 1. The Morgan fingerprint density at radius 3 is 2.74 bits per heavy atom. The highest BCUT2D eigenvalue weighted by molar-refractivity contribution is 5.82. The van der Waals surface area contributed by atoms with Crippen molar-refractivity contribution in [1.29, 1.82) is 5.26 Å². The molecule has 0 spiro atoms. The predicted molar refractivity (Wildman–Crippen MR) is 132 cm³/mol. The van der Waals surface area contributed by atoms with E-state index in [1.54, 1.807) is 16.8 Å². The second-order valence-electron chi connectivity index (χ2n) is 9.20. The number of aryl methyl sites for hydroxylation is 1. The number of nitriles is 1. The summed E-state index contributed by atoms with van der Waals surface area (Å²) in [6.45, 7) is 3.83. The first-order valence-electron chi connectivity index (χ1n) is 11.7. The molecule has 1 N–H and O–H groups in total. The van der Waals surface area contributed by atoms with Gasteiger partial charge in [-0.05, 0) is 58.1 Å². The number of benzene rings is 1. The maximum atomic E-state index is 13.0. The van der Waals surface area contributed by atoms with Crippen molar-refractivity contribution < 1.29 is 0 Å². The molecule has 4 aromatic rings. The summed E-state index contributed by atoms with van der Waals surface area (Å²) in [5.74, 6) is 1.39. The van der Waals surface area contributed by atoms with E-state index in [4.69, 9.17) is 9.97 Å². The van der Waals surface area contributed by atoms with Crippen LogP contribution in [0.3, 0.4) is 0 Å². The van der Waals surface area contributed by atoms with E-state index in [2.05, 4.69) is 39.9 Å². The number of anilines is 2. The number of fused-ring (bicyclic) bond motifs is 2. The number of hydrogen-bond acceptors (Lipinski definition) is 7. The molecule has 3 aromatic heterocycles. The molecule has 0 amide bonds. The average Bonchev–Trinajstić information content (AvgIpc) is 3.44. The number of hydrogen-bond donors (Lipinski definition) is 1. The van der Waals surface area contributed by atoms with Crippen LogP contribution in [0.1, 0.15) is 43.1 Å². The Bertz CT molecular complexity index is 1470. The molecule has 34 heavy (non-hydrogen) atoms. The third kappa shape index (κ3) is 4.01. The minimum Gasteiger partial charge on any atom is -0.327 e. The molecule has 3 heterocycles. The van der Waals surface area contributed by atoms with Gasteiger partial charge in [0.1, 0.15) is 23.1 Å². The Morgan fingerprint density at radius 2 is 2.00 bits per heavy atom. The van der Waals surface area contributed by atoms with E-state index in [9.17, 15) is 10.1 Å². The molecule has 0 atom stereocenters. The summed E-state index contributed by atoms with van der Waals surface area (Å²) >= 11 is 0. The Balaban J connectivity index is 1.51. The van der Waals surface area contributed by atoms with Crippen molar-refractivity contribution in [3.05, 3.63) is 52.2 Å². The summed E-state index contributed by atoms with van der Waals surface area (Å²) < 4.78 is 3.92.